The normalized spacial score (nSPS) is 13.6. The molecule has 0 aromatic rings. The highest BCUT2D eigenvalue weighted by Gasteiger charge is 2.40. The maximum atomic E-state index is 12.2. The largest absolute Gasteiger partial charge is 0.484 e. The summed E-state index contributed by atoms with van der Waals surface area (Å²) in [5, 5.41) is 0. The topological polar surface area (TPSA) is 80.3 Å². The molecule has 0 heterocycles. The van der Waals surface area contributed by atoms with Crippen molar-refractivity contribution < 1.29 is 31.5 Å². The summed E-state index contributed by atoms with van der Waals surface area (Å²) in [6.45, 7) is 6.57. The number of rotatable bonds is 8. The van der Waals surface area contributed by atoms with Gasteiger partial charge in [-0.25, -0.2) is 9.13 Å². The Morgan fingerprint density at radius 1 is 0.765 bits per heavy atom. The van der Waals surface area contributed by atoms with Crippen LogP contribution in [0.2, 0.25) is 0 Å². The van der Waals surface area contributed by atoms with E-state index in [4.69, 9.17) is 13.4 Å². The maximum Gasteiger partial charge on any atom is 0.484 e. The first-order valence-corrected chi connectivity index (χ1v) is 7.98. The first-order valence-electron chi connectivity index (χ1n) is 5.06. The minimum atomic E-state index is -4.00. The van der Waals surface area contributed by atoms with Crippen molar-refractivity contribution in [1.29, 1.82) is 0 Å². The van der Waals surface area contributed by atoms with Crippen LogP contribution in [0.1, 0.15) is 27.7 Å². The van der Waals surface area contributed by atoms with Gasteiger partial charge in [-0.1, -0.05) is 0 Å². The van der Waals surface area contributed by atoms with Gasteiger partial charge in [0.25, 0.3) is 0 Å². The van der Waals surface area contributed by atoms with E-state index in [9.17, 15) is 9.13 Å². The predicted molar refractivity (Wildman–Crippen MR) is 62.8 cm³/mol. The van der Waals surface area contributed by atoms with Crippen LogP contribution in [0, 0.1) is 0 Å². The molecule has 0 aromatic carbocycles. The van der Waals surface area contributed by atoms with Crippen molar-refractivity contribution in [3.8, 4) is 0 Å². The second kappa shape index (κ2) is 7.00. The Bertz CT molecular complexity index is 293. The number of phosphoric ester groups is 2. The summed E-state index contributed by atoms with van der Waals surface area (Å²) in [4.78, 5) is 0. The van der Waals surface area contributed by atoms with E-state index in [2.05, 4.69) is 9.05 Å². The van der Waals surface area contributed by atoms with Gasteiger partial charge in [0, 0.05) is 14.2 Å². The van der Waals surface area contributed by atoms with Crippen LogP contribution in [0.5, 0.6) is 0 Å². The minimum absolute atomic E-state index is 0.429. The summed E-state index contributed by atoms with van der Waals surface area (Å²) in [6.07, 6.45) is -0.858. The minimum Gasteiger partial charge on any atom is -0.290 e. The van der Waals surface area contributed by atoms with Crippen molar-refractivity contribution in [1.82, 2.24) is 0 Å². The quantitative estimate of drug-likeness (QED) is 0.634. The molecule has 0 aliphatic carbocycles. The zero-order valence-corrected chi connectivity index (χ0v) is 12.7. The lowest BCUT2D eigenvalue weighted by molar-refractivity contribution is 0.0883. The molecule has 0 aromatic heterocycles. The van der Waals surface area contributed by atoms with Crippen LogP contribution in [0.3, 0.4) is 0 Å². The van der Waals surface area contributed by atoms with Gasteiger partial charge in [-0.15, -0.1) is 0 Å². The molecule has 9 heteroatoms. The van der Waals surface area contributed by atoms with E-state index in [1.165, 1.54) is 0 Å². The van der Waals surface area contributed by atoms with E-state index in [-0.39, 0.29) is 0 Å². The second-order valence-electron chi connectivity index (χ2n) is 3.65. The number of hydrogen-bond acceptors (Lipinski definition) is 7. The van der Waals surface area contributed by atoms with Crippen LogP contribution < -0.4 is 0 Å². The van der Waals surface area contributed by atoms with Crippen LogP contribution in [-0.2, 0) is 31.5 Å². The molecule has 0 amide bonds. The molecule has 0 atom stereocenters. The van der Waals surface area contributed by atoms with E-state index >= 15 is 0 Å². The molecular weight excluding hydrogens is 270 g/mol. The zero-order chi connectivity index (χ0) is 13.7. The molecule has 0 saturated carbocycles. The Morgan fingerprint density at radius 3 is 1.35 bits per heavy atom. The fourth-order valence-electron chi connectivity index (χ4n) is 0.843. The molecular formula is C8H20O7P2. The van der Waals surface area contributed by atoms with Gasteiger partial charge in [-0.3, -0.25) is 18.1 Å². The molecule has 0 spiro atoms. The van der Waals surface area contributed by atoms with Gasteiger partial charge < -0.3 is 0 Å². The molecule has 0 radical (unpaired) electrons. The van der Waals surface area contributed by atoms with Crippen molar-refractivity contribution in [2.75, 3.05) is 14.2 Å². The SMILES string of the molecule is COP(=O)(OC)OP(=O)(OC(C)C)OC(C)C. The van der Waals surface area contributed by atoms with E-state index in [0.717, 1.165) is 14.2 Å². The highest BCUT2D eigenvalue weighted by molar-refractivity contribution is 7.62. The molecule has 0 fully saturated rings. The van der Waals surface area contributed by atoms with E-state index < -0.39 is 27.9 Å². The third kappa shape index (κ3) is 6.67. The first-order chi connectivity index (χ1) is 7.66. The van der Waals surface area contributed by atoms with Crippen molar-refractivity contribution in [3.63, 3.8) is 0 Å². The molecule has 0 aliphatic rings. The Balaban J connectivity index is 4.93. The van der Waals surface area contributed by atoms with Crippen LogP contribution in [0.25, 0.3) is 0 Å². The monoisotopic (exact) mass is 290 g/mol. The third-order valence-corrected chi connectivity index (χ3v) is 5.18. The van der Waals surface area contributed by atoms with Gasteiger partial charge in [0.05, 0.1) is 12.2 Å². The molecule has 0 aliphatic heterocycles. The fourth-order valence-corrected chi connectivity index (χ4v) is 3.90. The zero-order valence-electron chi connectivity index (χ0n) is 10.9. The van der Waals surface area contributed by atoms with Crippen LogP contribution in [0.4, 0.5) is 0 Å². The molecule has 17 heavy (non-hydrogen) atoms. The maximum absolute atomic E-state index is 12.2. The molecule has 7 nitrogen and oxygen atoms in total. The molecule has 0 N–H and O–H groups in total. The first kappa shape index (κ1) is 17.3. The van der Waals surface area contributed by atoms with Gasteiger partial charge in [0.1, 0.15) is 0 Å². The Hall–Kier alpha value is 0.260. The summed E-state index contributed by atoms with van der Waals surface area (Å²) < 4.78 is 47.8. The number of hydrogen-bond donors (Lipinski definition) is 0. The Labute approximate surface area is 102 Å². The van der Waals surface area contributed by atoms with Crippen LogP contribution >= 0.6 is 15.6 Å². The highest BCUT2D eigenvalue weighted by atomic mass is 31.3. The lowest BCUT2D eigenvalue weighted by atomic mass is 10.5. The average molecular weight is 290 g/mol. The summed E-state index contributed by atoms with van der Waals surface area (Å²) in [5.74, 6) is 0. The van der Waals surface area contributed by atoms with Gasteiger partial charge in [0.15, 0.2) is 0 Å². The summed E-state index contributed by atoms with van der Waals surface area (Å²) in [5.41, 5.74) is 0. The summed E-state index contributed by atoms with van der Waals surface area (Å²) in [6, 6.07) is 0. The Kier molecular flexibility index (Phi) is 7.11. The summed E-state index contributed by atoms with van der Waals surface area (Å²) in [7, 11) is -5.71. The van der Waals surface area contributed by atoms with Crippen LogP contribution in [-0.4, -0.2) is 26.4 Å². The van der Waals surface area contributed by atoms with E-state index in [1.807, 2.05) is 0 Å². The predicted octanol–water partition coefficient (Wildman–Crippen LogP) is 3.36. The van der Waals surface area contributed by atoms with E-state index in [1.54, 1.807) is 27.7 Å². The average Bonchev–Trinajstić information content (AvgIpc) is 2.14. The molecule has 0 saturated heterocycles. The van der Waals surface area contributed by atoms with E-state index in [0.29, 0.717) is 0 Å². The summed E-state index contributed by atoms with van der Waals surface area (Å²) >= 11 is 0. The lowest BCUT2D eigenvalue weighted by Gasteiger charge is -2.23. The number of phosphoric acid groups is 2. The Morgan fingerprint density at radius 2 is 1.12 bits per heavy atom. The van der Waals surface area contributed by atoms with Crippen molar-refractivity contribution in [2.24, 2.45) is 0 Å². The third-order valence-electron chi connectivity index (χ3n) is 1.33. The second-order valence-corrected chi connectivity index (χ2v) is 7.24. The van der Waals surface area contributed by atoms with Gasteiger partial charge in [0.2, 0.25) is 0 Å². The van der Waals surface area contributed by atoms with Crippen molar-refractivity contribution in [3.05, 3.63) is 0 Å². The smallest absolute Gasteiger partial charge is 0.290 e. The van der Waals surface area contributed by atoms with Crippen molar-refractivity contribution >= 4 is 15.6 Å². The lowest BCUT2D eigenvalue weighted by Crippen LogP contribution is -2.10. The molecule has 104 valence electrons. The molecule has 0 rings (SSSR count). The van der Waals surface area contributed by atoms with Crippen LogP contribution in [0.15, 0.2) is 0 Å². The van der Waals surface area contributed by atoms with Gasteiger partial charge >= 0.3 is 15.6 Å². The molecule has 0 bridgehead atoms. The fraction of sp³-hybridized carbons (Fsp3) is 1.00. The van der Waals surface area contributed by atoms with Gasteiger partial charge in [-0.2, -0.15) is 4.31 Å². The van der Waals surface area contributed by atoms with Gasteiger partial charge in [-0.05, 0) is 27.7 Å². The highest BCUT2D eigenvalue weighted by Crippen LogP contribution is 2.66. The standard InChI is InChI=1S/C8H20O7P2/c1-7(2)13-17(10,14-8(3)4)15-16(9,11-5)12-6/h7-8H,1-6H3. The molecule has 0 unspecified atom stereocenters. The van der Waals surface area contributed by atoms with Crippen molar-refractivity contribution in [2.45, 2.75) is 39.9 Å².